The molecule has 10 heteroatoms. The minimum atomic E-state index is -4.54. The molecule has 1 fully saturated rings. The SMILES string of the molecule is O=C(CN1CCOCC1)Nc1ccccc1Sc1nccc(C(F)(F)F)n1. The smallest absolute Gasteiger partial charge is 0.379 e. The molecule has 1 aliphatic heterocycles. The lowest BCUT2D eigenvalue weighted by atomic mass is 10.3. The van der Waals surface area contributed by atoms with Crippen molar-refractivity contribution in [3.05, 3.63) is 42.2 Å². The number of morpholine rings is 1. The largest absolute Gasteiger partial charge is 0.433 e. The van der Waals surface area contributed by atoms with E-state index in [1.165, 1.54) is 0 Å². The number of aromatic nitrogens is 2. The fourth-order valence-corrected chi connectivity index (χ4v) is 3.29. The third-order valence-corrected chi connectivity index (χ3v) is 4.71. The van der Waals surface area contributed by atoms with Crippen LogP contribution in [0, 0.1) is 0 Å². The normalized spacial score (nSPS) is 15.5. The number of carbonyl (C=O) groups is 1. The second-order valence-corrected chi connectivity index (χ2v) is 6.77. The minimum Gasteiger partial charge on any atom is -0.379 e. The van der Waals surface area contributed by atoms with E-state index in [4.69, 9.17) is 4.74 Å². The van der Waals surface area contributed by atoms with Gasteiger partial charge >= 0.3 is 6.18 Å². The second kappa shape index (κ2) is 8.68. The molecule has 2 aromatic rings. The molecule has 0 spiro atoms. The van der Waals surface area contributed by atoms with E-state index in [0.717, 1.165) is 24.0 Å². The molecule has 1 aromatic heterocycles. The summed E-state index contributed by atoms with van der Waals surface area (Å²) in [6.07, 6.45) is -3.47. The Labute approximate surface area is 158 Å². The van der Waals surface area contributed by atoms with Crippen LogP contribution < -0.4 is 5.32 Å². The van der Waals surface area contributed by atoms with Crippen LogP contribution in [-0.4, -0.2) is 53.6 Å². The van der Waals surface area contributed by atoms with Gasteiger partial charge in [0.25, 0.3) is 0 Å². The van der Waals surface area contributed by atoms with Crippen LogP contribution in [0.25, 0.3) is 0 Å². The van der Waals surface area contributed by atoms with Crippen molar-refractivity contribution >= 4 is 23.4 Å². The lowest BCUT2D eigenvalue weighted by molar-refractivity contribution is -0.141. The van der Waals surface area contributed by atoms with E-state index in [1.807, 2.05) is 4.90 Å². The van der Waals surface area contributed by atoms with Crippen LogP contribution in [-0.2, 0) is 15.7 Å². The molecule has 1 aromatic carbocycles. The molecule has 144 valence electrons. The van der Waals surface area contributed by atoms with Crippen molar-refractivity contribution in [3.63, 3.8) is 0 Å². The maximum Gasteiger partial charge on any atom is 0.433 e. The molecule has 0 aliphatic carbocycles. The summed E-state index contributed by atoms with van der Waals surface area (Å²) in [5.74, 6) is -0.199. The highest BCUT2D eigenvalue weighted by molar-refractivity contribution is 7.99. The number of nitrogens with zero attached hydrogens (tertiary/aromatic N) is 3. The Kier molecular flexibility index (Phi) is 6.30. The van der Waals surface area contributed by atoms with Crippen molar-refractivity contribution in [2.24, 2.45) is 0 Å². The van der Waals surface area contributed by atoms with Gasteiger partial charge in [-0.15, -0.1) is 0 Å². The van der Waals surface area contributed by atoms with E-state index in [-0.39, 0.29) is 17.6 Å². The summed E-state index contributed by atoms with van der Waals surface area (Å²) < 4.78 is 43.7. The number of para-hydroxylation sites is 1. The summed E-state index contributed by atoms with van der Waals surface area (Å²) in [4.78, 5) is 22.3. The number of hydrogen-bond acceptors (Lipinski definition) is 6. The van der Waals surface area contributed by atoms with Crippen LogP contribution in [0.5, 0.6) is 0 Å². The molecule has 3 rings (SSSR count). The summed E-state index contributed by atoms with van der Waals surface area (Å²) in [6.45, 7) is 2.77. The number of carbonyl (C=O) groups excluding carboxylic acids is 1. The van der Waals surface area contributed by atoms with Gasteiger partial charge in [-0.1, -0.05) is 12.1 Å². The van der Waals surface area contributed by atoms with Crippen molar-refractivity contribution in [1.82, 2.24) is 14.9 Å². The number of alkyl halides is 3. The Morgan fingerprint density at radius 1 is 1.22 bits per heavy atom. The standard InChI is InChI=1S/C17H17F3N4O2S/c18-17(19,20)14-5-6-21-16(23-14)27-13-4-2-1-3-12(13)22-15(25)11-24-7-9-26-10-8-24/h1-6H,7-11H2,(H,22,25). The summed E-state index contributed by atoms with van der Waals surface area (Å²) in [7, 11) is 0. The highest BCUT2D eigenvalue weighted by Crippen LogP contribution is 2.33. The Bertz CT molecular complexity index is 798. The predicted octanol–water partition coefficient (Wildman–Crippen LogP) is 2.92. The first-order chi connectivity index (χ1) is 12.9. The first kappa shape index (κ1) is 19.6. The lowest BCUT2D eigenvalue weighted by Crippen LogP contribution is -2.41. The highest BCUT2D eigenvalue weighted by atomic mass is 32.2. The first-order valence-corrected chi connectivity index (χ1v) is 9.00. The number of nitrogens with one attached hydrogen (secondary N) is 1. The fraction of sp³-hybridized carbons (Fsp3) is 0.353. The zero-order valence-corrected chi connectivity index (χ0v) is 15.0. The average molecular weight is 398 g/mol. The number of amides is 1. The van der Waals surface area contributed by atoms with Gasteiger partial charge in [0.2, 0.25) is 5.91 Å². The molecule has 2 heterocycles. The number of hydrogen-bond donors (Lipinski definition) is 1. The first-order valence-electron chi connectivity index (χ1n) is 8.19. The topological polar surface area (TPSA) is 67.3 Å². The van der Waals surface area contributed by atoms with Crippen LogP contribution >= 0.6 is 11.8 Å². The maximum atomic E-state index is 12.8. The van der Waals surface area contributed by atoms with Crippen molar-refractivity contribution in [3.8, 4) is 0 Å². The highest BCUT2D eigenvalue weighted by Gasteiger charge is 2.32. The molecule has 1 N–H and O–H groups in total. The van der Waals surface area contributed by atoms with Gasteiger partial charge < -0.3 is 10.1 Å². The molecule has 1 saturated heterocycles. The van der Waals surface area contributed by atoms with Gasteiger partial charge in [-0.3, -0.25) is 9.69 Å². The third-order valence-electron chi connectivity index (χ3n) is 3.76. The van der Waals surface area contributed by atoms with E-state index in [2.05, 4.69) is 15.3 Å². The van der Waals surface area contributed by atoms with Gasteiger partial charge in [0.1, 0.15) is 5.69 Å². The van der Waals surface area contributed by atoms with Gasteiger partial charge in [0.05, 0.1) is 25.4 Å². The van der Waals surface area contributed by atoms with Gasteiger partial charge in [-0.05, 0) is 30.0 Å². The van der Waals surface area contributed by atoms with Gasteiger partial charge in [0, 0.05) is 24.2 Å². The maximum absolute atomic E-state index is 12.8. The zero-order valence-electron chi connectivity index (χ0n) is 14.2. The molecule has 1 aliphatic rings. The molecule has 1 amide bonds. The monoisotopic (exact) mass is 398 g/mol. The number of halogens is 3. The van der Waals surface area contributed by atoms with Gasteiger partial charge in [0.15, 0.2) is 5.16 Å². The van der Waals surface area contributed by atoms with Crippen LogP contribution in [0.4, 0.5) is 18.9 Å². The Hall–Kier alpha value is -2.17. The minimum absolute atomic E-state index is 0.0419. The molecule has 6 nitrogen and oxygen atoms in total. The molecule has 0 bridgehead atoms. The molecular formula is C17H17F3N4O2S. The second-order valence-electron chi connectivity index (χ2n) is 5.76. The molecule has 0 saturated carbocycles. The summed E-state index contributed by atoms with van der Waals surface area (Å²) in [6, 6.07) is 7.67. The average Bonchev–Trinajstić information content (AvgIpc) is 2.64. The van der Waals surface area contributed by atoms with Crippen molar-refractivity contribution in [2.75, 3.05) is 38.2 Å². The molecule has 0 radical (unpaired) electrons. The molecule has 0 atom stereocenters. The Morgan fingerprint density at radius 2 is 1.96 bits per heavy atom. The molecular weight excluding hydrogens is 381 g/mol. The van der Waals surface area contributed by atoms with E-state index in [1.54, 1.807) is 24.3 Å². The Balaban J connectivity index is 1.69. The van der Waals surface area contributed by atoms with Gasteiger partial charge in [-0.25, -0.2) is 9.97 Å². The zero-order chi connectivity index (χ0) is 19.3. The van der Waals surface area contributed by atoms with E-state index in [9.17, 15) is 18.0 Å². The van der Waals surface area contributed by atoms with Crippen molar-refractivity contribution in [2.45, 2.75) is 16.2 Å². The van der Waals surface area contributed by atoms with Crippen LogP contribution in [0.1, 0.15) is 5.69 Å². The van der Waals surface area contributed by atoms with Crippen molar-refractivity contribution < 1.29 is 22.7 Å². The third kappa shape index (κ3) is 5.65. The van der Waals surface area contributed by atoms with E-state index >= 15 is 0 Å². The summed E-state index contributed by atoms with van der Waals surface area (Å²) in [5.41, 5.74) is -0.504. The molecule has 27 heavy (non-hydrogen) atoms. The van der Waals surface area contributed by atoms with Crippen LogP contribution in [0.2, 0.25) is 0 Å². The van der Waals surface area contributed by atoms with Gasteiger partial charge in [-0.2, -0.15) is 13.2 Å². The van der Waals surface area contributed by atoms with Crippen LogP contribution in [0.3, 0.4) is 0 Å². The quantitative estimate of drug-likeness (QED) is 0.782. The lowest BCUT2D eigenvalue weighted by Gasteiger charge is -2.25. The number of ether oxygens (including phenoxy) is 1. The van der Waals surface area contributed by atoms with Crippen molar-refractivity contribution in [1.29, 1.82) is 0 Å². The van der Waals surface area contributed by atoms with Crippen LogP contribution in [0.15, 0.2) is 46.6 Å². The summed E-state index contributed by atoms with van der Waals surface area (Å²) >= 11 is 0.962. The fourth-order valence-electron chi connectivity index (χ4n) is 2.46. The number of benzene rings is 1. The Morgan fingerprint density at radius 3 is 2.70 bits per heavy atom. The van der Waals surface area contributed by atoms with E-state index < -0.39 is 11.9 Å². The molecule has 0 unspecified atom stereocenters. The number of rotatable bonds is 5. The van der Waals surface area contributed by atoms with E-state index in [0.29, 0.717) is 36.9 Å². The summed E-state index contributed by atoms with van der Waals surface area (Å²) in [5, 5.41) is 2.76. The number of anilines is 1. The predicted molar refractivity (Wildman–Crippen MR) is 93.5 cm³/mol.